The van der Waals surface area contributed by atoms with Crippen molar-refractivity contribution < 1.29 is 20.0 Å². The van der Waals surface area contributed by atoms with Crippen LogP contribution >= 0.6 is 0 Å². The third kappa shape index (κ3) is 11.5. The van der Waals surface area contributed by atoms with Gasteiger partial charge in [0.1, 0.15) is 0 Å². The Morgan fingerprint density at radius 1 is 1.31 bits per heavy atom. The van der Waals surface area contributed by atoms with Crippen LogP contribution in [0.4, 0.5) is 0 Å². The Labute approximate surface area is 98.6 Å². The van der Waals surface area contributed by atoms with Crippen LogP contribution in [0.2, 0.25) is 0 Å². The zero-order valence-electron chi connectivity index (χ0n) is 11.3. The van der Waals surface area contributed by atoms with Gasteiger partial charge in [-0.2, -0.15) is 0 Å². The molecule has 0 aliphatic heterocycles. The summed E-state index contributed by atoms with van der Waals surface area (Å²) in [5, 5.41) is 16.4. The fourth-order valence-electron chi connectivity index (χ4n) is 0.505. The third-order valence-corrected chi connectivity index (χ3v) is 2.64. The van der Waals surface area contributed by atoms with Crippen molar-refractivity contribution in [3.05, 3.63) is 0 Å². The molecular weight excluding hydrogens is 208 g/mol. The third-order valence-electron chi connectivity index (χ3n) is 2.64. The van der Waals surface area contributed by atoms with Crippen LogP contribution in [0.5, 0.6) is 0 Å². The molecule has 0 heterocycles. The normalized spacial score (nSPS) is 14.7. The van der Waals surface area contributed by atoms with Gasteiger partial charge in [0.25, 0.3) is 0 Å². The second kappa shape index (κ2) is 8.53. The molecule has 0 saturated heterocycles. The van der Waals surface area contributed by atoms with Crippen molar-refractivity contribution in [2.75, 3.05) is 6.61 Å². The number of aliphatic carboxylic acids is 1. The van der Waals surface area contributed by atoms with E-state index in [1.807, 2.05) is 0 Å². The van der Waals surface area contributed by atoms with E-state index in [1.54, 1.807) is 13.8 Å². The van der Waals surface area contributed by atoms with Crippen LogP contribution in [0.3, 0.4) is 0 Å². The molecule has 0 aromatic heterocycles. The molecule has 0 spiro atoms. The van der Waals surface area contributed by atoms with E-state index in [9.17, 15) is 4.79 Å². The summed E-state index contributed by atoms with van der Waals surface area (Å²) in [5.74, 6) is -1.51. The smallest absolute Gasteiger partial charge is 0.306 e. The molecule has 0 aromatic carbocycles. The molecule has 2 N–H and O–H groups in total. The summed E-state index contributed by atoms with van der Waals surface area (Å²) in [6.45, 7) is 12.3. The van der Waals surface area contributed by atoms with Crippen LogP contribution in [-0.2, 0) is 9.68 Å². The highest BCUT2D eigenvalue weighted by atomic mass is 17.1. The molecule has 0 aromatic rings. The van der Waals surface area contributed by atoms with Gasteiger partial charge in [-0.3, -0.25) is 10.1 Å². The lowest BCUT2D eigenvalue weighted by molar-refractivity contribution is -0.252. The Balaban J connectivity index is 0. The minimum atomic E-state index is -0.871. The monoisotopic (exact) mass is 234 g/mol. The van der Waals surface area contributed by atoms with Crippen molar-refractivity contribution in [1.82, 2.24) is 0 Å². The van der Waals surface area contributed by atoms with Crippen molar-refractivity contribution in [3.8, 4) is 0 Å². The topological polar surface area (TPSA) is 66.8 Å². The average molecular weight is 234 g/mol. The quantitative estimate of drug-likeness (QED) is 0.578. The van der Waals surface area contributed by atoms with Crippen molar-refractivity contribution in [2.45, 2.75) is 48.0 Å². The zero-order chi connectivity index (χ0) is 13.4. The largest absolute Gasteiger partial charge is 0.481 e. The van der Waals surface area contributed by atoms with Gasteiger partial charge in [-0.15, -0.1) is 0 Å². The van der Waals surface area contributed by atoms with Gasteiger partial charge in [0.05, 0.1) is 12.5 Å². The highest BCUT2D eigenvalue weighted by molar-refractivity contribution is 5.69. The van der Waals surface area contributed by atoms with E-state index in [0.29, 0.717) is 5.41 Å². The summed E-state index contributed by atoms with van der Waals surface area (Å²) in [6.07, 6.45) is 1.27. The van der Waals surface area contributed by atoms with E-state index < -0.39 is 11.9 Å². The summed E-state index contributed by atoms with van der Waals surface area (Å²) >= 11 is 0. The van der Waals surface area contributed by atoms with Gasteiger partial charge in [0.2, 0.25) is 0 Å². The number of hydrogen-bond acceptors (Lipinski definition) is 3. The van der Waals surface area contributed by atoms with E-state index >= 15 is 0 Å². The fourth-order valence-corrected chi connectivity index (χ4v) is 0.505. The Hall–Kier alpha value is -0.610. The molecule has 0 amide bonds. The second-order valence-corrected chi connectivity index (χ2v) is 5.31. The van der Waals surface area contributed by atoms with E-state index in [-0.39, 0.29) is 12.5 Å². The molecule has 4 nitrogen and oxygen atoms in total. The molecule has 0 radical (unpaired) electrons. The summed E-state index contributed by atoms with van der Waals surface area (Å²) in [5.41, 5.74) is 0.542. The number of carbonyl (C=O) groups is 1. The first kappa shape index (κ1) is 17.8. The summed E-state index contributed by atoms with van der Waals surface area (Å²) < 4.78 is 0. The number of carboxylic acids is 1. The standard InChI is InChI=1S/C6H12O4.C6H14/c1-4(3-10-9)5(2)6(7)8;1-5-6(2,3)4/h4-5,9H,3H2,1-2H3,(H,7,8);5H2,1-4H3. The lowest BCUT2D eigenvalue weighted by Gasteiger charge is -2.12. The molecule has 0 bridgehead atoms. The lowest BCUT2D eigenvalue weighted by Crippen LogP contribution is -2.21. The van der Waals surface area contributed by atoms with Crippen molar-refractivity contribution in [3.63, 3.8) is 0 Å². The summed E-state index contributed by atoms with van der Waals surface area (Å²) in [6, 6.07) is 0. The van der Waals surface area contributed by atoms with Gasteiger partial charge in [-0.25, -0.2) is 4.89 Å². The molecule has 16 heavy (non-hydrogen) atoms. The van der Waals surface area contributed by atoms with Gasteiger partial charge in [0, 0.05) is 0 Å². The number of rotatable bonds is 4. The predicted octanol–water partition coefficient (Wildman–Crippen LogP) is 3.28. The van der Waals surface area contributed by atoms with Crippen LogP contribution in [0.15, 0.2) is 0 Å². The van der Waals surface area contributed by atoms with Crippen molar-refractivity contribution in [2.24, 2.45) is 17.3 Å². The first-order chi connectivity index (χ1) is 7.15. The van der Waals surface area contributed by atoms with Crippen molar-refractivity contribution in [1.29, 1.82) is 0 Å². The Morgan fingerprint density at radius 3 is 1.88 bits per heavy atom. The second-order valence-electron chi connectivity index (χ2n) is 5.31. The summed E-state index contributed by atoms with van der Waals surface area (Å²) in [4.78, 5) is 14.1. The molecule has 0 aliphatic carbocycles. The molecular formula is C12H26O4. The maximum atomic E-state index is 10.3. The highest BCUT2D eigenvalue weighted by Crippen LogP contribution is 2.16. The zero-order valence-corrected chi connectivity index (χ0v) is 11.3. The highest BCUT2D eigenvalue weighted by Gasteiger charge is 2.18. The van der Waals surface area contributed by atoms with E-state index in [0.717, 1.165) is 0 Å². The Bertz CT molecular complexity index is 184. The molecule has 0 aliphatic rings. The Morgan fingerprint density at radius 2 is 1.69 bits per heavy atom. The predicted molar refractivity (Wildman–Crippen MR) is 64.3 cm³/mol. The van der Waals surface area contributed by atoms with Gasteiger partial charge in [-0.05, 0) is 11.3 Å². The van der Waals surface area contributed by atoms with E-state index in [2.05, 4.69) is 32.6 Å². The molecule has 2 unspecified atom stereocenters. The summed E-state index contributed by atoms with van der Waals surface area (Å²) in [7, 11) is 0. The molecule has 2 atom stereocenters. The van der Waals surface area contributed by atoms with Crippen LogP contribution in [-0.4, -0.2) is 22.9 Å². The lowest BCUT2D eigenvalue weighted by atomic mass is 9.94. The maximum Gasteiger partial charge on any atom is 0.306 e. The number of carboxylic acid groups (broad SMARTS) is 1. The van der Waals surface area contributed by atoms with Crippen LogP contribution < -0.4 is 0 Å². The van der Waals surface area contributed by atoms with Crippen LogP contribution in [0.25, 0.3) is 0 Å². The average Bonchev–Trinajstić information content (AvgIpc) is 2.16. The molecule has 98 valence electrons. The van der Waals surface area contributed by atoms with Gasteiger partial charge in [0.15, 0.2) is 0 Å². The molecule has 4 heteroatoms. The molecule has 0 rings (SSSR count). The first-order valence-corrected chi connectivity index (χ1v) is 5.64. The van der Waals surface area contributed by atoms with Crippen LogP contribution in [0, 0.1) is 17.3 Å². The van der Waals surface area contributed by atoms with Gasteiger partial charge in [-0.1, -0.05) is 48.0 Å². The first-order valence-electron chi connectivity index (χ1n) is 5.64. The van der Waals surface area contributed by atoms with Crippen LogP contribution in [0.1, 0.15) is 48.0 Å². The minimum absolute atomic E-state index is 0.0630. The van der Waals surface area contributed by atoms with Gasteiger partial charge < -0.3 is 5.11 Å². The molecule has 0 fully saturated rings. The van der Waals surface area contributed by atoms with Crippen molar-refractivity contribution >= 4 is 5.97 Å². The SMILES string of the molecule is CC(COO)C(C)C(=O)O.CCC(C)(C)C. The molecule has 0 saturated carbocycles. The van der Waals surface area contributed by atoms with Gasteiger partial charge >= 0.3 is 5.97 Å². The fraction of sp³-hybridized carbons (Fsp3) is 0.917. The maximum absolute atomic E-state index is 10.3. The minimum Gasteiger partial charge on any atom is -0.481 e. The Kier molecular flexibility index (Phi) is 9.48. The van der Waals surface area contributed by atoms with E-state index in [1.165, 1.54) is 6.42 Å². The van der Waals surface area contributed by atoms with E-state index in [4.69, 9.17) is 10.4 Å². The number of hydrogen-bond donors (Lipinski definition) is 2.